The summed E-state index contributed by atoms with van der Waals surface area (Å²) in [6.07, 6.45) is 10.7. The van der Waals surface area contributed by atoms with Gasteiger partial charge in [-0.1, -0.05) is 128 Å². The maximum absolute atomic E-state index is 2.68. The van der Waals surface area contributed by atoms with Gasteiger partial charge in [-0.05, 0) is 189 Å². The van der Waals surface area contributed by atoms with Crippen LogP contribution in [0.25, 0.3) is 11.1 Å². The minimum Gasteiger partial charge on any atom is -0.310 e. The summed E-state index contributed by atoms with van der Waals surface area (Å²) in [5.41, 5.74) is 17.3. The van der Waals surface area contributed by atoms with Crippen molar-refractivity contribution >= 4 is 28.8 Å². The van der Waals surface area contributed by atoms with Crippen molar-refractivity contribution in [1.29, 1.82) is 0 Å². The average molecular weight is 780 g/mol. The van der Waals surface area contributed by atoms with Gasteiger partial charge in [0.2, 0.25) is 0 Å². The number of hydrogen-bond acceptors (Lipinski definition) is 2. The monoisotopic (exact) mass is 779 g/mol. The highest BCUT2D eigenvalue weighted by molar-refractivity contribution is 7.99. The zero-order valence-corrected chi connectivity index (χ0v) is 37.0. The molecule has 58 heavy (non-hydrogen) atoms. The number of hydrogen-bond donors (Lipinski definition) is 0. The summed E-state index contributed by atoms with van der Waals surface area (Å²) in [5.74, 6) is 3.58. The normalized spacial score (nSPS) is 31.5. The highest BCUT2D eigenvalue weighted by atomic mass is 32.2. The molecule has 0 amide bonds. The molecule has 6 aliphatic carbocycles. The third-order valence-electron chi connectivity index (χ3n) is 18.1. The molecule has 2 bridgehead atoms. The Morgan fingerprint density at radius 1 is 0.500 bits per heavy atom. The van der Waals surface area contributed by atoms with Gasteiger partial charge in [0.25, 0.3) is 0 Å². The van der Waals surface area contributed by atoms with E-state index in [1.807, 2.05) is 11.8 Å². The highest BCUT2D eigenvalue weighted by Crippen LogP contribution is 2.89. The van der Waals surface area contributed by atoms with E-state index in [9.17, 15) is 0 Å². The molecule has 5 aromatic carbocycles. The Morgan fingerprint density at radius 3 is 1.69 bits per heavy atom. The van der Waals surface area contributed by atoms with Crippen LogP contribution in [0.2, 0.25) is 0 Å². The lowest BCUT2D eigenvalue weighted by atomic mass is 9.26. The zero-order valence-electron chi connectivity index (χ0n) is 36.1. The molecule has 1 heterocycles. The van der Waals surface area contributed by atoms with Gasteiger partial charge < -0.3 is 4.90 Å². The van der Waals surface area contributed by atoms with Gasteiger partial charge >= 0.3 is 0 Å². The molecule has 2 heteroatoms. The summed E-state index contributed by atoms with van der Waals surface area (Å²) >= 11 is 2.03. The van der Waals surface area contributed by atoms with Crippen molar-refractivity contribution in [1.82, 2.24) is 0 Å². The van der Waals surface area contributed by atoms with Gasteiger partial charge in [0.1, 0.15) is 0 Å². The molecule has 12 rings (SSSR count). The fourth-order valence-electron chi connectivity index (χ4n) is 15.2. The van der Waals surface area contributed by atoms with Crippen LogP contribution in [-0.4, -0.2) is 0 Å². The minimum atomic E-state index is 0.0678. The van der Waals surface area contributed by atoms with Crippen LogP contribution >= 0.6 is 11.8 Å². The van der Waals surface area contributed by atoms with E-state index in [1.165, 1.54) is 112 Å². The second kappa shape index (κ2) is 11.5. The lowest BCUT2D eigenvalue weighted by Crippen LogP contribution is -2.74. The van der Waals surface area contributed by atoms with E-state index in [1.54, 1.807) is 11.1 Å². The van der Waals surface area contributed by atoms with Crippen LogP contribution in [0.5, 0.6) is 0 Å². The predicted octanol–water partition coefficient (Wildman–Crippen LogP) is 15.3. The first-order valence-corrected chi connectivity index (χ1v) is 23.6. The van der Waals surface area contributed by atoms with E-state index in [-0.39, 0.29) is 27.1 Å². The molecule has 5 aromatic rings. The Hall–Kier alpha value is -3.75. The number of anilines is 3. The number of nitrogens with zero attached hydrogens (tertiary/aromatic N) is 1. The Bertz CT molecular complexity index is 2470. The maximum Gasteiger partial charge on any atom is 0.0502 e. The first-order chi connectivity index (χ1) is 27.7. The van der Waals surface area contributed by atoms with Crippen LogP contribution < -0.4 is 4.90 Å². The molecular weight excluding hydrogens is 719 g/mol. The standard InChI is InChI=1S/C56H61NS/c1-51(2)25-27-53(5,6)49-40(51)14-11-16-43(49)57(44-17-12-15-41-50(44)54(7,8)28-26-52(41,3)4)38-22-19-35(20-23-38)36-21-24-46-42(31-36)56(39-13-9-10-18-45(39)58-46)47-30-34-29-37-32-48(56)55(37,47)33-34/h9-24,31,34,37,47-48H,25-30,32-33H2,1-8H3. The van der Waals surface area contributed by atoms with Gasteiger partial charge in [-0.2, -0.15) is 0 Å². The Kier molecular flexibility index (Phi) is 7.19. The summed E-state index contributed by atoms with van der Waals surface area (Å²) in [5, 5.41) is 0. The third-order valence-corrected chi connectivity index (χ3v) is 19.2. The summed E-state index contributed by atoms with van der Waals surface area (Å²) in [6.45, 7) is 19.8. The molecule has 0 radical (unpaired) electrons. The number of rotatable bonds is 4. The molecular formula is C56H61NS. The molecule has 2 spiro atoms. The zero-order chi connectivity index (χ0) is 39.8. The molecule has 0 saturated heterocycles. The molecule has 296 valence electrons. The van der Waals surface area contributed by atoms with Crippen LogP contribution in [-0.2, 0) is 27.1 Å². The van der Waals surface area contributed by atoms with Crippen LogP contribution in [0, 0.1) is 29.1 Å². The molecule has 4 saturated carbocycles. The smallest absolute Gasteiger partial charge is 0.0502 e. The molecule has 1 nitrogen and oxygen atoms in total. The fraction of sp³-hybridized carbons (Fsp3) is 0.464. The van der Waals surface area contributed by atoms with E-state index in [0.29, 0.717) is 5.41 Å². The Labute approximate surface area is 352 Å². The molecule has 4 fully saturated rings. The Balaban J connectivity index is 1.01. The van der Waals surface area contributed by atoms with Crippen molar-refractivity contribution in [3.63, 3.8) is 0 Å². The lowest BCUT2D eigenvalue weighted by Gasteiger charge is -2.78. The van der Waals surface area contributed by atoms with Crippen LogP contribution in [0.3, 0.4) is 0 Å². The SMILES string of the molecule is CC1(C)CCC(C)(C)c2c(N(c3ccc(-c4ccc5c(c4)C4(c6ccccc6S5)C5CC6CC7CC4C75C6)cc3)c3cccc4c3C(C)(C)CCC4(C)C)cccc21. The van der Waals surface area contributed by atoms with Gasteiger partial charge in [0, 0.05) is 20.9 Å². The van der Waals surface area contributed by atoms with Crippen molar-refractivity contribution in [2.24, 2.45) is 29.1 Å². The summed E-state index contributed by atoms with van der Waals surface area (Å²) in [7, 11) is 0. The van der Waals surface area contributed by atoms with Crippen LogP contribution in [0.1, 0.15) is 140 Å². The second-order valence-electron chi connectivity index (χ2n) is 22.7. The van der Waals surface area contributed by atoms with Crippen molar-refractivity contribution in [3.8, 4) is 11.1 Å². The molecule has 0 N–H and O–H groups in total. The number of fused-ring (bicyclic) bond motifs is 9. The van der Waals surface area contributed by atoms with E-state index in [2.05, 4.69) is 163 Å². The summed E-state index contributed by atoms with van der Waals surface area (Å²) in [6, 6.07) is 41.3. The maximum atomic E-state index is 2.68. The Morgan fingerprint density at radius 2 is 1.05 bits per heavy atom. The summed E-state index contributed by atoms with van der Waals surface area (Å²) in [4.78, 5) is 5.70. The second-order valence-corrected chi connectivity index (χ2v) is 23.8. The first-order valence-electron chi connectivity index (χ1n) is 22.8. The van der Waals surface area contributed by atoms with Crippen molar-refractivity contribution < 1.29 is 0 Å². The fourth-order valence-corrected chi connectivity index (χ4v) is 16.4. The van der Waals surface area contributed by atoms with Crippen LogP contribution in [0.4, 0.5) is 17.1 Å². The molecule has 0 aromatic heterocycles. The van der Waals surface area contributed by atoms with Crippen molar-refractivity contribution in [2.75, 3.05) is 4.90 Å². The number of benzene rings is 5. The van der Waals surface area contributed by atoms with Crippen LogP contribution in [0.15, 0.2) is 113 Å². The quantitative estimate of drug-likeness (QED) is 0.179. The molecule has 6 atom stereocenters. The minimum absolute atomic E-state index is 0.0678. The van der Waals surface area contributed by atoms with Gasteiger partial charge in [-0.15, -0.1) is 0 Å². The lowest BCUT2D eigenvalue weighted by molar-refractivity contribution is -0.235. The van der Waals surface area contributed by atoms with Gasteiger partial charge in [0.05, 0.1) is 11.4 Å². The third kappa shape index (κ3) is 4.47. The largest absolute Gasteiger partial charge is 0.310 e. The van der Waals surface area contributed by atoms with E-state index < -0.39 is 0 Å². The van der Waals surface area contributed by atoms with Crippen molar-refractivity contribution in [2.45, 2.75) is 144 Å². The molecule has 1 aliphatic heterocycles. The van der Waals surface area contributed by atoms with Gasteiger partial charge in [-0.3, -0.25) is 0 Å². The summed E-state index contributed by atoms with van der Waals surface area (Å²) < 4.78 is 0. The average Bonchev–Trinajstić information content (AvgIpc) is 3.74. The first kappa shape index (κ1) is 36.1. The topological polar surface area (TPSA) is 3.24 Å². The van der Waals surface area contributed by atoms with E-state index in [0.717, 1.165) is 23.7 Å². The molecule has 6 unspecified atom stereocenters. The predicted molar refractivity (Wildman–Crippen MR) is 243 cm³/mol. The molecule has 7 aliphatic rings. The van der Waals surface area contributed by atoms with E-state index >= 15 is 0 Å². The van der Waals surface area contributed by atoms with Gasteiger partial charge in [-0.25, -0.2) is 0 Å². The van der Waals surface area contributed by atoms with Crippen molar-refractivity contribution in [3.05, 3.63) is 137 Å². The van der Waals surface area contributed by atoms with Gasteiger partial charge in [0.15, 0.2) is 0 Å². The van der Waals surface area contributed by atoms with E-state index in [4.69, 9.17) is 0 Å². The highest BCUT2D eigenvalue weighted by Gasteiger charge is 2.84.